The lowest BCUT2D eigenvalue weighted by Crippen LogP contribution is -2.05. The molecule has 4 heteroatoms. The highest BCUT2D eigenvalue weighted by Gasteiger charge is 2.05. The zero-order chi connectivity index (χ0) is 17.4. The fourth-order valence-corrected chi connectivity index (χ4v) is 2.23. The minimum absolute atomic E-state index is 0.198. The first-order valence-corrected chi connectivity index (χ1v) is 7.83. The molecule has 0 aliphatic rings. The summed E-state index contributed by atoms with van der Waals surface area (Å²) in [7, 11) is 1.62. The summed E-state index contributed by atoms with van der Waals surface area (Å²) in [6.45, 7) is 2.20. The van der Waals surface area contributed by atoms with Crippen LogP contribution < -0.4 is 10.5 Å². The van der Waals surface area contributed by atoms with Crippen molar-refractivity contribution < 1.29 is 14.3 Å². The molecular formula is C20H21NO3. The van der Waals surface area contributed by atoms with Crippen LogP contribution in [0.15, 0.2) is 42.5 Å². The molecule has 2 rings (SSSR count). The summed E-state index contributed by atoms with van der Waals surface area (Å²) in [5.41, 5.74) is 9.15. The molecular weight excluding hydrogens is 302 g/mol. The number of nitrogen functional groups attached to an aromatic ring is 1. The molecule has 0 atom stereocenters. The largest absolute Gasteiger partial charge is 0.495 e. The number of hydrogen-bond donors (Lipinski definition) is 1. The van der Waals surface area contributed by atoms with Gasteiger partial charge in [0.2, 0.25) is 0 Å². The van der Waals surface area contributed by atoms with Gasteiger partial charge in [-0.1, -0.05) is 30.0 Å². The Labute approximate surface area is 142 Å². The van der Waals surface area contributed by atoms with Gasteiger partial charge in [0, 0.05) is 17.7 Å². The third-order valence-corrected chi connectivity index (χ3v) is 3.48. The van der Waals surface area contributed by atoms with Gasteiger partial charge in [0.1, 0.15) is 5.75 Å². The van der Waals surface area contributed by atoms with Crippen LogP contribution in [0.25, 0.3) is 0 Å². The minimum Gasteiger partial charge on any atom is -0.495 e. The van der Waals surface area contributed by atoms with E-state index in [4.69, 9.17) is 15.2 Å². The Morgan fingerprint density at radius 2 is 1.88 bits per heavy atom. The zero-order valence-corrected chi connectivity index (χ0v) is 14.0. The van der Waals surface area contributed by atoms with Crippen molar-refractivity contribution in [3.8, 4) is 17.6 Å². The van der Waals surface area contributed by atoms with Gasteiger partial charge in [0.25, 0.3) is 0 Å². The number of benzene rings is 2. The van der Waals surface area contributed by atoms with Crippen molar-refractivity contribution in [3.63, 3.8) is 0 Å². The molecule has 2 N–H and O–H groups in total. The van der Waals surface area contributed by atoms with Crippen LogP contribution in [0.2, 0.25) is 0 Å². The summed E-state index contributed by atoms with van der Waals surface area (Å²) in [5.74, 6) is 6.70. The molecule has 0 spiro atoms. The molecule has 0 unspecified atom stereocenters. The lowest BCUT2D eigenvalue weighted by atomic mass is 10.0. The predicted molar refractivity (Wildman–Crippen MR) is 94.8 cm³/mol. The monoisotopic (exact) mass is 323 g/mol. The van der Waals surface area contributed by atoms with E-state index in [1.807, 2.05) is 42.5 Å². The lowest BCUT2D eigenvalue weighted by Gasteiger charge is -2.05. The van der Waals surface area contributed by atoms with Crippen LogP contribution in [-0.2, 0) is 16.0 Å². The highest BCUT2D eigenvalue weighted by atomic mass is 16.5. The van der Waals surface area contributed by atoms with E-state index >= 15 is 0 Å². The number of para-hydroxylation sites is 1. The van der Waals surface area contributed by atoms with Gasteiger partial charge in [-0.15, -0.1) is 0 Å². The van der Waals surface area contributed by atoms with Gasteiger partial charge < -0.3 is 15.2 Å². The predicted octanol–water partition coefficient (Wildman–Crippen LogP) is 3.17. The number of hydrogen-bond acceptors (Lipinski definition) is 4. The van der Waals surface area contributed by atoms with Gasteiger partial charge in [0.05, 0.1) is 19.3 Å². The van der Waals surface area contributed by atoms with Gasteiger partial charge in [-0.3, -0.25) is 4.79 Å². The van der Waals surface area contributed by atoms with Crippen molar-refractivity contribution in [2.75, 3.05) is 19.5 Å². The smallest absolute Gasteiger partial charge is 0.306 e. The third kappa shape index (κ3) is 4.79. The first kappa shape index (κ1) is 17.4. The molecule has 0 aliphatic heterocycles. The average molecular weight is 323 g/mol. The molecule has 0 amide bonds. The Kier molecular flexibility index (Phi) is 6.27. The number of ether oxygens (including phenoxy) is 2. The zero-order valence-electron chi connectivity index (χ0n) is 14.0. The van der Waals surface area contributed by atoms with Crippen LogP contribution in [-0.4, -0.2) is 19.7 Å². The van der Waals surface area contributed by atoms with Crippen LogP contribution in [0.4, 0.5) is 5.69 Å². The summed E-state index contributed by atoms with van der Waals surface area (Å²) in [5, 5.41) is 0. The molecule has 24 heavy (non-hydrogen) atoms. The van der Waals surface area contributed by atoms with Crippen LogP contribution in [0.5, 0.6) is 5.75 Å². The molecule has 2 aromatic rings. The topological polar surface area (TPSA) is 61.5 Å². The van der Waals surface area contributed by atoms with E-state index in [1.54, 1.807) is 14.0 Å². The Bertz CT molecular complexity index is 772. The Morgan fingerprint density at radius 1 is 1.12 bits per heavy atom. The average Bonchev–Trinajstić information content (AvgIpc) is 2.60. The van der Waals surface area contributed by atoms with E-state index in [-0.39, 0.29) is 5.97 Å². The van der Waals surface area contributed by atoms with Crippen LogP contribution in [0, 0.1) is 11.8 Å². The van der Waals surface area contributed by atoms with Crippen molar-refractivity contribution in [2.45, 2.75) is 19.8 Å². The molecule has 0 aliphatic carbocycles. The Balaban J connectivity index is 2.18. The Hall–Kier alpha value is -2.93. The second-order valence-electron chi connectivity index (χ2n) is 5.18. The van der Waals surface area contributed by atoms with Crippen molar-refractivity contribution in [1.82, 2.24) is 0 Å². The highest BCUT2D eigenvalue weighted by molar-refractivity contribution is 5.70. The van der Waals surface area contributed by atoms with E-state index in [0.29, 0.717) is 25.1 Å². The van der Waals surface area contributed by atoms with Gasteiger partial charge >= 0.3 is 5.97 Å². The summed E-state index contributed by atoms with van der Waals surface area (Å²) >= 11 is 0. The number of carbonyl (C=O) groups is 1. The highest BCUT2D eigenvalue weighted by Crippen LogP contribution is 2.18. The molecule has 0 saturated carbocycles. The number of rotatable bonds is 5. The fourth-order valence-electron chi connectivity index (χ4n) is 2.23. The summed E-state index contributed by atoms with van der Waals surface area (Å²) < 4.78 is 10.2. The molecule has 0 bridgehead atoms. The SMILES string of the molecule is CCOC(=O)CCc1ccc(N)c(C#Cc2ccccc2OC)c1. The van der Waals surface area contributed by atoms with Gasteiger partial charge in [-0.05, 0) is 43.2 Å². The maximum absolute atomic E-state index is 11.5. The molecule has 0 fully saturated rings. The maximum Gasteiger partial charge on any atom is 0.306 e. The first-order valence-electron chi connectivity index (χ1n) is 7.83. The molecule has 0 radical (unpaired) electrons. The summed E-state index contributed by atoms with van der Waals surface area (Å²) in [4.78, 5) is 11.5. The third-order valence-electron chi connectivity index (χ3n) is 3.48. The van der Waals surface area contributed by atoms with E-state index in [2.05, 4.69) is 11.8 Å². The normalized spacial score (nSPS) is 9.75. The molecule has 0 saturated heterocycles. The van der Waals surface area contributed by atoms with E-state index in [1.165, 1.54) is 0 Å². The van der Waals surface area contributed by atoms with E-state index in [0.717, 1.165) is 22.4 Å². The summed E-state index contributed by atoms with van der Waals surface area (Å²) in [6.07, 6.45) is 0.944. The van der Waals surface area contributed by atoms with Crippen LogP contribution in [0.1, 0.15) is 30.0 Å². The summed E-state index contributed by atoms with van der Waals surface area (Å²) in [6, 6.07) is 13.2. The minimum atomic E-state index is -0.198. The van der Waals surface area contributed by atoms with E-state index in [9.17, 15) is 4.79 Å². The molecule has 4 nitrogen and oxygen atoms in total. The van der Waals surface area contributed by atoms with Crippen molar-refractivity contribution >= 4 is 11.7 Å². The van der Waals surface area contributed by atoms with Crippen molar-refractivity contribution in [2.24, 2.45) is 0 Å². The van der Waals surface area contributed by atoms with Crippen LogP contribution in [0.3, 0.4) is 0 Å². The molecule has 124 valence electrons. The fraction of sp³-hybridized carbons (Fsp3) is 0.250. The number of nitrogens with two attached hydrogens (primary N) is 1. The maximum atomic E-state index is 11.5. The molecule has 0 aromatic heterocycles. The number of carbonyl (C=O) groups excluding carboxylic acids is 1. The van der Waals surface area contributed by atoms with Crippen molar-refractivity contribution in [3.05, 3.63) is 59.2 Å². The second-order valence-corrected chi connectivity index (χ2v) is 5.18. The Morgan fingerprint density at radius 3 is 2.62 bits per heavy atom. The van der Waals surface area contributed by atoms with Gasteiger partial charge in [-0.25, -0.2) is 0 Å². The number of methoxy groups -OCH3 is 1. The number of esters is 1. The van der Waals surface area contributed by atoms with Crippen LogP contribution >= 0.6 is 0 Å². The molecule has 2 aromatic carbocycles. The van der Waals surface area contributed by atoms with Crippen molar-refractivity contribution in [1.29, 1.82) is 0 Å². The number of aryl methyl sites for hydroxylation is 1. The number of anilines is 1. The van der Waals surface area contributed by atoms with E-state index < -0.39 is 0 Å². The standard InChI is InChI=1S/C20H21NO3/c1-3-24-20(22)13-9-15-8-12-18(21)17(14-15)11-10-16-6-4-5-7-19(16)23-2/h4-8,12,14H,3,9,13,21H2,1-2H3. The quantitative estimate of drug-likeness (QED) is 0.521. The lowest BCUT2D eigenvalue weighted by molar-refractivity contribution is -0.143. The molecule has 0 heterocycles. The second kappa shape index (κ2) is 8.64. The van der Waals surface area contributed by atoms with Gasteiger partial charge in [0.15, 0.2) is 0 Å². The first-order chi connectivity index (χ1) is 11.6. The van der Waals surface area contributed by atoms with Gasteiger partial charge in [-0.2, -0.15) is 0 Å².